The van der Waals surface area contributed by atoms with Gasteiger partial charge >= 0.3 is 170 Å². The van der Waals surface area contributed by atoms with Gasteiger partial charge < -0.3 is 0 Å². The second-order valence-electron chi connectivity index (χ2n) is 6.11. The standard InChI is InChI=1S/C23H18N2O2Se/c1-27-17-8-5-7-16(15-17)23(26)25-20-12-13-21(19-11-6-14-24-22(19)20)28-18-9-3-2-4-10-18/h2-15H,1H3,(H,25,26). The molecule has 0 unspecified atom stereocenters. The van der Waals surface area contributed by atoms with Crippen LogP contribution in [0.4, 0.5) is 5.69 Å². The Morgan fingerprint density at radius 3 is 2.64 bits per heavy atom. The fraction of sp³-hybridized carbons (Fsp3) is 0.0435. The molecule has 4 nitrogen and oxygen atoms in total. The van der Waals surface area contributed by atoms with E-state index >= 15 is 0 Å². The third-order valence-electron chi connectivity index (χ3n) is 4.28. The van der Waals surface area contributed by atoms with Gasteiger partial charge in [-0.1, -0.05) is 0 Å². The van der Waals surface area contributed by atoms with Crippen LogP contribution in [0.1, 0.15) is 10.4 Å². The first-order valence-corrected chi connectivity index (χ1v) is 10.5. The molecule has 138 valence electrons. The molecule has 0 bridgehead atoms. The number of methoxy groups -OCH3 is 1. The molecule has 0 spiro atoms. The predicted octanol–water partition coefficient (Wildman–Crippen LogP) is 3.15. The number of nitrogens with one attached hydrogen (secondary N) is 1. The molecule has 0 aliphatic rings. The zero-order chi connectivity index (χ0) is 19.3. The molecule has 1 N–H and O–H groups in total. The van der Waals surface area contributed by atoms with Gasteiger partial charge in [-0.15, -0.1) is 0 Å². The molecule has 0 aliphatic heterocycles. The molecule has 0 saturated heterocycles. The Morgan fingerprint density at radius 1 is 0.964 bits per heavy atom. The second kappa shape index (κ2) is 8.26. The number of fused-ring (bicyclic) bond motifs is 1. The van der Waals surface area contributed by atoms with Crippen LogP contribution in [-0.4, -0.2) is 33.0 Å². The van der Waals surface area contributed by atoms with E-state index in [4.69, 9.17) is 4.74 Å². The Balaban J connectivity index is 1.67. The first kappa shape index (κ1) is 18.2. The quantitative estimate of drug-likeness (QED) is 0.492. The van der Waals surface area contributed by atoms with Crippen molar-refractivity contribution in [2.75, 3.05) is 12.4 Å². The van der Waals surface area contributed by atoms with Crippen molar-refractivity contribution in [3.63, 3.8) is 0 Å². The van der Waals surface area contributed by atoms with Crippen LogP contribution >= 0.6 is 0 Å². The predicted molar refractivity (Wildman–Crippen MR) is 114 cm³/mol. The van der Waals surface area contributed by atoms with E-state index in [0.29, 0.717) is 17.0 Å². The monoisotopic (exact) mass is 434 g/mol. The molecular formula is C23H18N2O2Se. The number of hydrogen-bond donors (Lipinski definition) is 1. The number of pyridine rings is 1. The van der Waals surface area contributed by atoms with E-state index in [1.807, 2.05) is 24.3 Å². The Labute approximate surface area is 169 Å². The van der Waals surface area contributed by atoms with Gasteiger partial charge in [0.25, 0.3) is 0 Å². The van der Waals surface area contributed by atoms with Crippen molar-refractivity contribution >= 4 is 46.4 Å². The van der Waals surface area contributed by atoms with E-state index in [1.54, 1.807) is 31.5 Å². The molecule has 0 aliphatic carbocycles. The number of ether oxygens (including phenoxy) is 1. The molecule has 0 fully saturated rings. The first-order chi connectivity index (χ1) is 13.7. The maximum atomic E-state index is 12.7. The van der Waals surface area contributed by atoms with Crippen molar-refractivity contribution in [2.45, 2.75) is 0 Å². The molecule has 4 rings (SSSR count). The van der Waals surface area contributed by atoms with E-state index in [-0.39, 0.29) is 20.9 Å². The van der Waals surface area contributed by atoms with Crippen LogP contribution in [0.15, 0.2) is 85.1 Å². The summed E-state index contributed by atoms with van der Waals surface area (Å²) in [5.74, 6) is 0.462. The Kier molecular flexibility index (Phi) is 5.38. The number of benzene rings is 3. The SMILES string of the molecule is COc1cccc(C(=O)Nc2ccc([Se]c3ccccc3)c3cccnc23)c1. The third-order valence-corrected chi connectivity index (χ3v) is 6.55. The summed E-state index contributed by atoms with van der Waals surface area (Å²) in [5.41, 5.74) is 2.05. The zero-order valence-corrected chi connectivity index (χ0v) is 17.0. The van der Waals surface area contributed by atoms with Crippen LogP contribution in [0.3, 0.4) is 0 Å². The summed E-state index contributed by atoms with van der Waals surface area (Å²) in [7, 11) is 1.58. The van der Waals surface area contributed by atoms with Crippen LogP contribution in [0.25, 0.3) is 10.9 Å². The molecule has 1 amide bonds. The summed E-state index contributed by atoms with van der Waals surface area (Å²) in [4.78, 5) is 17.2. The van der Waals surface area contributed by atoms with E-state index in [0.717, 1.165) is 10.9 Å². The van der Waals surface area contributed by atoms with E-state index in [9.17, 15) is 4.79 Å². The van der Waals surface area contributed by atoms with Crippen molar-refractivity contribution < 1.29 is 9.53 Å². The van der Waals surface area contributed by atoms with Crippen LogP contribution < -0.4 is 19.0 Å². The van der Waals surface area contributed by atoms with Gasteiger partial charge in [-0.2, -0.15) is 0 Å². The van der Waals surface area contributed by atoms with Crippen LogP contribution in [-0.2, 0) is 0 Å². The van der Waals surface area contributed by atoms with Crippen LogP contribution in [0.2, 0.25) is 0 Å². The Bertz CT molecular complexity index is 1130. The molecule has 28 heavy (non-hydrogen) atoms. The van der Waals surface area contributed by atoms with Gasteiger partial charge in [0.1, 0.15) is 0 Å². The number of nitrogens with zero attached hydrogens (tertiary/aromatic N) is 1. The normalized spacial score (nSPS) is 10.6. The van der Waals surface area contributed by atoms with Crippen molar-refractivity contribution in [1.29, 1.82) is 0 Å². The van der Waals surface area contributed by atoms with Gasteiger partial charge in [0, 0.05) is 0 Å². The summed E-state index contributed by atoms with van der Waals surface area (Å²) in [6, 6.07) is 25.5. The number of carbonyl (C=O) groups excluding carboxylic acids is 1. The van der Waals surface area contributed by atoms with Gasteiger partial charge in [-0.05, 0) is 0 Å². The van der Waals surface area contributed by atoms with Crippen molar-refractivity contribution in [1.82, 2.24) is 4.98 Å². The maximum absolute atomic E-state index is 12.7. The molecule has 5 heteroatoms. The van der Waals surface area contributed by atoms with E-state index in [2.05, 4.69) is 46.7 Å². The second-order valence-corrected chi connectivity index (χ2v) is 8.45. The summed E-state index contributed by atoms with van der Waals surface area (Å²) in [6.45, 7) is 0. The Hall–Kier alpha value is -3.14. The molecule has 1 heterocycles. The average Bonchev–Trinajstić information content (AvgIpc) is 2.76. The van der Waals surface area contributed by atoms with Crippen LogP contribution in [0, 0.1) is 0 Å². The summed E-state index contributed by atoms with van der Waals surface area (Å²) in [5, 5.41) is 4.06. The Morgan fingerprint density at radius 2 is 1.82 bits per heavy atom. The van der Waals surface area contributed by atoms with Gasteiger partial charge in [-0.3, -0.25) is 0 Å². The first-order valence-electron chi connectivity index (χ1n) is 8.80. The van der Waals surface area contributed by atoms with Crippen molar-refractivity contribution in [3.05, 3.63) is 90.6 Å². The molecule has 0 atom stereocenters. The molecule has 0 radical (unpaired) electrons. The van der Waals surface area contributed by atoms with E-state index in [1.165, 1.54) is 8.92 Å². The van der Waals surface area contributed by atoms with Gasteiger partial charge in [0.15, 0.2) is 0 Å². The van der Waals surface area contributed by atoms with Gasteiger partial charge in [-0.25, -0.2) is 0 Å². The molecule has 0 saturated carbocycles. The molecule has 4 aromatic rings. The van der Waals surface area contributed by atoms with Crippen molar-refractivity contribution in [2.24, 2.45) is 0 Å². The number of carbonyl (C=O) groups is 1. The number of rotatable bonds is 5. The van der Waals surface area contributed by atoms with Gasteiger partial charge in [0.05, 0.1) is 0 Å². The summed E-state index contributed by atoms with van der Waals surface area (Å²) >= 11 is 0.165. The number of aromatic nitrogens is 1. The average molecular weight is 433 g/mol. The van der Waals surface area contributed by atoms with Gasteiger partial charge in [0.2, 0.25) is 0 Å². The topological polar surface area (TPSA) is 51.2 Å². The zero-order valence-electron chi connectivity index (χ0n) is 15.3. The molecule has 3 aromatic carbocycles. The fourth-order valence-electron chi connectivity index (χ4n) is 2.91. The van der Waals surface area contributed by atoms with Crippen LogP contribution in [0.5, 0.6) is 5.75 Å². The molecular weight excluding hydrogens is 415 g/mol. The van der Waals surface area contributed by atoms with Crippen molar-refractivity contribution in [3.8, 4) is 5.75 Å². The summed E-state index contributed by atoms with van der Waals surface area (Å²) in [6.07, 6.45) is 1.75. The third kappa shape index (κ3) is 3.91. The number of anilines is 1. The molecule has 1 aromatic heterocycles. The minimum absolute atomic E-state index is 0.165. The number of hydrogen-bond acceptors (Lipinski definition) is 3. The minimum atomic E-state index is -0.188. The van der Waals surface area contributed by atoms with E-state index < -0.39 is 0 Å². The summed E-state index contributed by atoms with van der Waals surface area (Å²) < 4.78 is 7.74. The number of amides is 1. The fourth-order valence-corrected chi connectivity index (χ4v) is 4.92.